The number of hydrogen-bond donors (Lipinski definition) is 1. The fraction of sp³-hybridized carbons (Fsp3) is 0.920. The van der Waals surface area contributed by atoms with Crippen molar-refractivity contribution in [3.63, 3.8) is 0 Å². The molecule has 28 heavy (non-hydrogen) atoms. The SMILES string of the molecule is CCC(C)CCNC(=O)C(CC(=O)CC(C)(C)C)C(C)(C1CC1C)C(C)(C)C. The van der Waals surface area contributed by atoms with Crippen LogP contribution in [0.15, 0.2) is 0 Å². The minimum atomic E-state index is -0.255. The molecule has 0 spiro atoms. The zero-order valence-electron chi connectivity index (χ0n) is 20.4. The van der Waals surface area contributed by atoms with E-state index >= 15 is 0 Å². The third-order valence-corrected chi connectivity index (χ3v) is 7.33. The lowest BCUT2D eigenvalue weighted by Crippen LogP contribution is -2.50. The van der Waals surface area contributed by atoms with Crippen molar-refractivity contribution in [2.45, 2.75) is 101 Å². The Balaban J connectivity index is 3.08. The van der Waals surface area contributed by atoms with Gasteiger partial charge in [0.1, 0.15) is 5.78 Å². The van der Waals surface area contributed by atoms with Gasteiger partial charge in [-0.15, -0.1) is 0 Å². The lowest BCUT2D eigenvalue weighted by molar-refractivity contribution is -0.140. The van der Waals surface area contributed by atoms with Crippen molar-refractivity contribution in [3.05, 3.63) is 0 Å². The largest absolute Gasteiger partial charge is 0.356 e. The molecule has 0 saturated heterocycles. The van der Waals surface area contributed by atoms with Crippen LogP contribution in [0.4, 0.5) is 0 Å². The summed E-state index contributed by atoms with van der Waals surface area (Å²) >= 11 is 0. The van der Waals surface area contributed by atoms with Gasteiger partial charge in [0, 0.05) is 19.4 Å². The van der Waals surface area contributed by atoms with Gasteiger partial charge in [0.05, 0.1) is 5.92 Å². The molecule has 0 bridgehead atoms. The first kappa shape index (κ1) is 25.2. The van der Waals surface area contributed by atoms with Crippen LogP contribution in [-0.4, -0.2) is 18.2 Å². The molecule has 1 amide bonds. The molecular weight excluding hydrogens is 346 g/mol. The highest BCUT2D eigenvalue weighted by Gasteiger charge is 2.58. The summed E-state index contributed by atoms with van der Waals surface area (Å²) in [6.07, 6.45) is 4.19. The van der Waals surface area contributed by atoms with Crippen LogP contribution in [0.2, 0.25) is 0 Å². The number of Topliss-reactive ketones (excluding diaryl/α,β-unsaturated/α-hetero) is 1. The predicted molar refractivity (Wildman–Crippen MR) is 119 cm³/mol. The van der Waals surface area contributed by atoms with Crippen LogP contribution in [0.5, 0.6) is 0 Å². The molecule has 1 saturated carbocycles. The minimum absolute atomic E-state index is 0.0385. The van der Waals surface area contributed by atoms with E-state index in [2.05, 4.69) is 74.6 Å². The van der Waals surface area contributed by atoms with Gasteiger partial charge in [0.15, 0.2) is 0 Å². The second-order valence-corrected chi connectivity index (χ2v) is 12.0. The quantitative estimate of drug-likeness (QED) is 0.476. The highest BCUT2D eigenvalue weighted by molar-refractivity contribution is 5.87. The highest BCUT2D eigenvalue weighted by atomic mass is 16.2. The first-order chi connectivity index (χ1) is 12.6. The topological polar surface area (TPSA) is 46.2 Å². The number of ketones is 1. The van der Waals surface area contributed by atoms with Crippen LogP contribution in [0.1, 0.15) is 101 Å². The number of rotatable bonds is 10. The number of carbonyl (C=O) groups excluding carboxylic acids is 2. The van der Waals surface area contributed by atoms with Crippen LogP contribution in [0, 0.1) is 39.9 Å². The Morgan fingerprint density at radius 3 is 2.00 bits per heavy atom. The van der Waals surface area contributed by atoms with E-state index in [0.29, 0.717) is 37.1 Å². The summed E-state index contributed by atoms with van der Waals surface area (Å²) in [4.78, 5) is 26.3. The van der Waals surface area contributed by atoms with Crippen molar-refractivity contribution < 1.29 is 9.59 Å². The van der Waals surface area contributed by atoms with E-state index in [1.165, 1.54) is 0 Å². The average molecular weight is 394 g/mol. The monoisotopic (exact) mass is 393 g/mol. The van der Waals surface area contributed by atoms with Gasteiger partial charge in [-0.1, -0.05) is 75.7 Å². The zero-order valence-corrected chi connectivity index (χ0v) is 20.4. The highest BCUT2D eigenvalue weighted by Crippen LogP contribution is 2.62. The van der Waals surface area contributed by atoms with Crippen LogP contribution >= 0.6 is 0 Å². The maximum absolute atomic E-state index is 13.4. The Hall–Kier alpha value is -0.860. The van der Waals surface area contributed by atoms with Crippen LogP contribution in [-0.2, 0) is 9.59 Å². The third-order valence-electron chi connectivity index (χ3n) is 7.33. The first-order valence-electron chi connectivity index (χ1n) is 11.4. The van der Waals surface area contributed by atoms with Crippen LogP contribution in [0.3, 0.4) is 0 Å². The molecule has 0 aromatic heterocycles. The molecule has 0 aromatic rings. The average Bonchev–Trinajstić information content (AvgIpc) is 3.26. The minimum Gasteiger partial charge on any atom is -0.356 e. The van der Waals surface area contributed by atoms with Crippen molar-refractivity contribution in [3.8, 4) is 0 Å². The number of carbonyl (C=O) groups is 2. The maximum atomic E-state index is 13.4. The lowest BCUT2D eigenvalue weighted by atomic mass is 9.56. The van der Waals surface area contributed by atoms with E-state index in [-0.39, 0.29) is 33.9 Å². The third kappa shape index (κ3) is 6.59. The van der Waals surface area contributed by atoms with Crippen molar-refractivity contribution >= 4 is 11.7 Å². The van der Waals surface area contributed by atoms with Crippen LogP contribution < -0.4 is 5.32 Å². The molecule has 0 heterocycles. The summed E-state index contributed by atoms with van der Waals surface area (Å²) in [5.74, 6) is 1.81. The molecule has 1 N–H and O–H groups in total. The number of amides is 1. The smallest absolute Gasteiger partial charge is 0.224 e. The first-order valence-corrected chi connectivity index (χ1v) is 11.4. The summed E-state index contributed by atoms with van der Waals surface area (Å²) in [5, 5.41) is 3.20. The Kier molecular flexibility index (Phi) is 8.37. The molecule has 1 aliphatic rings. The molecule has 1 fully saturated rings. The van der Waals surface area contributed by atoms with E-state index in [1.807, 2.05) is 0 Å². The van der Waals surface area contributed by atoms with Crippen molar-refractivity contribution in [2.75, 3.05) is 6.54 Å². The molecule has 5 unspecified atom stereocenters. The van der Waals surface area contributed by atoms with Crippen molar-refractivity contribution in [1.82, 2.24) is 5.32 Å². The van der Waals surface area contributed by atoms with E-state index in [0.717, 1.165) is 19.3 Å². The Morgan fingerprint density at radius 2 is 1.61 bits per heavy atom. The summed E-state index contributed by atoms with van der Waals surface area (Å²) in [6.45, 7) is 22.7. The normalized spacial score (nSPS) is 24.2. The predicted octanol–water partition coefficient (Wildman–Crippen LogP) is 6.26. The number of nitrogens with one attached hydrogen (secondary N) is 1. The second kappa shape index (κ2) is 9.30. The van der Waals surface area contributed by atoms with Crippen LogP contribution in [0.25, 0.3) is 0 Å². The molecule has 0 aliphatic heterocycles. The molecule has 3 nitrogen and oxygen atoms in total. The summed E-state index contributed by atoms with van der Waals surface area (Å²) in [6, 6.07) is 0. The Bertz CT molecular complexity index is 540. The van der Waals surface area contributed by atoms with Crippen molar-refractivity contribution in [2.24, 2.45) is 39.9 Å². The lowest BCUT2D eigenvalue weighted by Gasteiger charge is -2.48. The summed E-state index contributed by atoms with van der Waals surface area (Å²) < 4.78 is 0. The van der Waals surface area contributed by atoms with E-state index in [4.69, 9.17) is 0 Å². The molecule has 0 aromatic carbocycles. The molecule has 1 aliphatic carbocycles. The zero-order chi connectivity index (χ0) is 21.9. The Morgan fingerprint density at radius 1 is 1.07 bits per heavy atom. The molecule has 0 radical (unpaired) electrons. The molecule has 5 atom stereocenters. The van der Waals surface area contributed by atoms with Gasteiger partial charge >= 0.3 is 0 Å². The van der Waals surface area contributed by atoms with E-state index in [1.54, 1.807) is 0 Å². The Labute approximate surface area is 174 Å². The molecular formula is C25H47NO2. The molecule has 1 rings (SSSR count). The maximum Gasteiger partial charge on any atom is 0.224 e. The van der Waals surface area contributed by atoms with E-state index in [9.17, 15) is 9.59 Å². The molecule has 164 valence electrons. The van der Waals surface area contributed by atoms with Gasteiger partial charge in [-0.2, -0.15) is 0 Å². The summed E-state index contributed by atoms with van der Waals surface area (Å²) in [7, 11) is 0. The van der Waals surface area contributed by atoms with Gasteiger partial charge in [-0.05, 0) is 46.8 Å². The number of hydrogen-bond acceptors (Lipinski definition) is 2. The van der Waals surface area contributed by atoms with E-state index < -0.39 is 0 Å². The van der Waals surface area contributed by atoms with Gasteiger partial charge in [-0.3, -0.25) is 9.59 Å². The van der Waals surface area contributed by atoms with Gasteiger partial charge in [0.2, 0.25) is 5.91 Å². The summed E-state index contributed by atoms with van der Waals surface area (Å²) in [5.41, 5.74) is -0.261. The fourth-order valence-corrected chi connectivity index (χ4v) is 4.73. The van der Waals surface area contributed by atoms with Gasteiger partial charge < -0.3 is 5.32 Å². The molecule has 3 heteroatoms. The second-order valence-electron chi connectivity index (χ2n) is 12.0. The van der Waals surface area contributed by atoms with Gasteiger partial charge in [-0.25, -0.2) is 0 Å². The van der Waals surface area contributed by atoms with Crippen molar-refractivity contribution in [1.29, 1.82) is 0 Å². The standard InChI is InChI=1S/C25H47NO2/c1-11-17(2)12-13-26-22(28)21(15-19(27)16-23(4,5)6)25(10,24(7,8)9)20-14-18(20)3/h17-18,20-21H,11-16H2,1-10H3,(H,26,28). The van der Waals surface area contributed by atoms with Gasteiger partial charge in [0.25, 0.3) is 0 Å². The fourth-order valence-electron chi connectivity index (χ4n) is 4.73.